The molecule has 0 amide bonds. The van der Waals surface area contributed by atoms with E-state index in [2.05, 4.69) is 4.99 Å². The number of isocyanates is 1. The zero-order valence-electron chi connectivity index (χ0n) is 7.60. The molecule has 4 nitrogen and oxygen atoms in total. The first-order valence-electron chi connectivity index (χ1n) is 3.86. The molecule has 1 aromatic rings. The fraction of sp³-hybridized carbons (Fsp3) is 0.222. The van der Waals surface area contributed by atoms with Gasteiger partial charge in [0.2, 0.25) is 6.08 Å². The number of benzene rings is 1. The van der Waals surface area contributed by atoms with E-state index in [1.54, 1.807) is 12.1 Å². The lowest BCUT2D eigenvalue weighted by molar-refractivity contribution is 0.563. The maximum atomic E-state index is 11.2. The van der Waals surface area contributed by atoms with Crippen molar-refractivity contribution in [1.29, 1.82) is 0 Å². The molecule has 1 rings (SSSR count). The fourth-order valence-corrected chi connectivity index (χ4v) is 1.69. The van der Waals surface area contributed by atoms with Crippen LogP contribution in [-0.4, -0.2) is 20.8 Å². The van der Waals surface area contributed by atoms with E-state index in [-0.39, 0.29) is 11.4 Å². The quantitative estimate of drug-likeness (QED) is 0.551. The van der Waals surface area contributed by atoms with Crippen LogP contribution in [0, 0.1) is 0 Å². The van der Waals surface area contributed by atoms with Crippen LogP contribution in [0.2, 0.25) is 0 Å². The number of carbonyl (C=O) groups excluding carboxylic acids is 1. The molecule has 0 atom stereocenters. The van der Waals surface area contributed by atoms with Crippen LogP contribution < -0.4 is 0 Å². The summed E-state index contributed by atoms with van der Waals surface area (Å²) < 4.78 is 22.3. The van der Waals surface area contributed by atoms with Crippen LogP contribution in [0.4, 0.5) is 0 Å². The zero-order chi connectivity index (χ0) is 10.6. The van der Waals surface area contributed by atoms with Gasteiger partial charge in [0.15, 0.2) is 9.84 Å². The van der Waals surface area contributed by atoms with Crippen molar-refractivity contribution in [3.63, 3.8) is 0 Å². The first-order chi connectivity index (χ1) is 6.54. The van der Waals surface area contributed by atoms with E-state index >= 15 is 0 Å². The third-order valence-electron chi connectivity index (χ3n) is 1.65. The molecular formula is C9H9NO3S. The number of hydrogen-bond acceptors (Lipinski definition) is 4. The van der Waals surface area contributed by atoms with E-state index in [4.69, 9.17) is 0 Å². The summed E-state index contributed by atoms with van der Waals surface area (Å²) in [5.41, 5.74) is 0.677. The SMILES string of the molecule is CS(=O)(=O)c1cccc(CN=C=O)c1. The second kappa shape index (κ2) is 4.17. The van der Waals surface area contributed by atoms with Crippen molar-refractivity contribution in [3.05, 3.63) is 29.8 Å². The third kappa shape index (κ3) is 2.80. The topological polar surface area (TPSA) is 63.6 Å². The second-order valence-corrected chi connectivity index (χ2v) is 4.84. The maximum Gasteiger partial charge on any atom is 0.235 e. The van der Waals surface area contributed by atoms with Crippen molar-refractivity contribution >= 4 is 15.9 Å². The summed E-state index contributed by atoms with van der Waals surface area (Å²) in [4.78, 5) is 13.4. The standard InChI is InChI=1S/C9H9NO3S/c1-14(12,13)9-4-2-3-8(5-9)6-10-7-11/h2-5H,6H2,1H3. The van der Waals surface area contributed by atoms with Crippen LogP contribution in [0.3, 0.4) is 0 Å². The Kier molecular flexibility index (Phi) is 3.17. The highest BCUT2D eigenvalue weighted by molar-refractivity contribution is 7.90. The lowest BCUT2D eigenvalue weighted by atomic mass is 10.2. The molecule has 0 N–H and O–H groups in total. The summed E-state index contributed by atoms with van der Waals surface area (Å²) in [6.45, 7) is 0.160. The highest BCUT2D eigenvalue weighted by atomic mass is 32.2. The van der Waals surface area contributed by atoms with Gasteiger partial charge in [-0.3, -0.25) is 0 Å². The summed E-state index contributed by atoms with van der Waals surface area (Å²) in [5, 5.41) is 0. The Labute approximate surface area is 82.2 Å². The lowest BCUT2D eigenvalue weighted by Crippen LogP contribution is -1.97. The van der Waals surface area contributed by atoms with Crippen molar-refractivity contribution in [2.75, 3.05) is 6.26 Å². The summed E-state index contributed by atoms with van der Waals surface area (Å²) in [5.74, 6) is 0. The molecule has 0 unspecified atom stereocenters. The Hall–Kier alpha value is -1.45. The van der Waals surface area contributed by atoms with Crippen LogP contribution in [0.1, 0.15) is 5.56 Å². The maximum absolute atomic E-state index is 11.2. The van der Waals surface area contributed by atoms with Crippen LogP contribution in [0.5, 0.6) is 0 Å². The van der Waals surface area contributed by atoms with Gasteiger partial charge in [-0.1, -0.05) is 12.1 Å². The number of hydrogen-bond donors (Lipinski definition) is 0. The van der Waals surface area contributed by atoms with E-state index < -0.39 is 9.84 Å². The van der Waals surface area contributed by atoms with Gasteiger partial charge in [0, 0.05) is 6.26 Å². The van der Waals surface area contributed by atoms with Crippen LogP contribution in [0.15, 0.2) is 34.2 Å². The van der Waals surface area contributed by atoms with E-state index in [9.17, 15) is 13.2 Å². The van der Waals surface area contributed by atoms with Crippen molar-refractivity contribution in [2.45, 2.75) is 11.4 Å². The molecule has 1 aromatic carbocycles. The minimum absolute atomic E-state index is 0.160. The summed E-state index contributed by atoms with van der Waals surface area (Å²) in [7, 11) is -3.19. The monoisotopic (exact) mass is 211 g/mol. The van der Waals surface area contributed by atoms with Gasteiger partial charge in [0.25, 0.3) is 0 Å². The van der Waals surface area contributed by atoms with Gasteiger partial charge in [-0.05, 0) is 17.7 Å². The van der Waals surface area contributed by atoms with E-state index in [1.807, 2.05) is 0 Å². The highest BCUT2D eigenvalue weighted by Crippen LogP contribution is 2.11. The summed E-state index contributed by atoms with van der Waals surface area (Å²) in [6.07, 6.45) is 2.53. The average Bonchev–Trinajstić information content (AvgIpc) is 2.14. The predicted octanol–water partition coefficient (Wildman–Crippen LogP) is 0.926. The number of rotatable bonds is 3. The minimum Gasteiger partial charge on any atom is -0.224 e. The Balaban J connectivity index is 3.07. The van der Waals surface area contributed by atoms with Gasteiger partial charge >= 0.3 is 0 Å². The molecule has 0 saturated heterocycles. The summed E-state index contributed by atoms with van der Waals surface area (Å²) in [6, 6.07) is 6.32. The molecule has 0 aliphatic rings. The number of aliphatic imine (C=N–C) groups is 1. The van der Waals surface area contributed by atoms with Gasteiger partial charge in [-0.2, -0.15) is 0 Å². The first kappa shape index (κ1) is 10.6. The molecule has 0 bridgehead atoms. The Bertz CT molecular complexity index is 473. The van der Waals surface area contributed by atoms with Crippen molar-refractivity contribution in [2.24, 2.45) is 4.99 Å². The van der Waals surface area contributed by atoms with Crippen molar-refractivity contribution in [1.82, 2.24) is 0 Å². The molecule has 14 heavy (non-hydrogen) atoms. The normalized spacial score (nSPS) is 10.6. The van der Waals surface area contributed by atoms with Gasteiger partial charge in [-0.25, -0.2) is 18.2 Å². The molecule has 5 heteroatoms. The van der Waals surface area contributed by atoms with E-state index in [0.29, 0.717) is 5.56 Å². The molecule has 0 fully saturated rings. The lowest BCUT2D eigenvalue weighted by Gasteiger charge is -1.99. The fourth-order valence-electron chi connectivity index (χ4n) is 0.998. The van der Waals surface area contributed by atoms with Gasteiger partial charge in [0.1, 0.15) is 0 Å². The van der Waals surface area contributed by atoms with Crippen LogP contribution >= 0.6 is 0 Å². The smallest absolute Gasteiger partial charge is 0.224 e. The molecule has 0 radical (unpaired) electrons. The Morgan fingerprint density at radius 2 is 2.14 bits per heavy atom. The van der Waals surface area contributed by atoms with Gasteiger partial charge in [-0.15, -0.1) is 0 Å². The van der Waals surface area contributed by atoms with Crippen molar-refractivity contribution < 1.29 is 13.2 Å². The largest absolute Gasteiger partial charge is 0.235 e. The molecule has 0 aliphatic heterocycles. The highest BCUT2D eigenvalue weighted by Gasteiger charge is 2.06. The van der Waals surface area contributed by atoms with Crippen molar-refractivity contribution in [3.8, 4) is 0 Å². The number of nitrogens with zero attached hydrogens (tertiary/aromatic N) is 1. The molecule has 0 saturated carbocycles. The Morgan fingerprint density at radius 1 is 1.43 bits per heavy atom. The average molecular weight is 211 g/mol. The van der Waals surface area contributed by atoms with Crippen LogP contribution in [0.25, 0.3) is 0 Å². The number of sulfone groups is 1. The third-order valence-corrected chi connectivity index (χ3v) is 2.76. The molecule has 0 heterocycles. The molecular weight excluding hydrogens is 202 g/mol. The van der Waals surface area contributed by atoms with Gasteiger partial charge < -0.3 is 0 Å². The summed E-state index contributed by atoms with van der Waals surface area (Å²) >= 11 is 0. The molecule has 0 aromatic heterocycles. The first-order valence-corrected chi connectivity index (χ1v) is 5.76. The molecule has 74 valence electrons. The molecule has 0 aliphatic carbocycles. The predicted molar refractivity (Wildman–Crippen MR) is 51.4 cm³/mol. The zero-order valence-corrected chi connectivity index (χ0v) is 8.41. The van der Waals surface area contributed by atoms with Gasteiger partial charge in [0.05, 0.1) is 11.4 Å². The molecule has 0 spiro atoms. The van der Waals surface area contributed by atoms with Crippen LogP contribution in [-0.2, 0) is 21.2 Å². The minimum atomic E-state index is -3.19. The second-order valence-electron chi connectivity index (χ2n) is 2.83. The van der Waals surface area contributed by atoms with E-state index in [1.165, 1.54) is 18.2 Å². The van der Waals surface area contributed by atoms with E-state index in [0.717, 1.165) is 6.26 Å². The Morgan fingerprint density at radius 3 is 2.71 bits per heavy atom.